The van der Waals surface area contributed by atoms with Crippen LogP contribution in [0.3, 0.4) is 0 Å². The molecule has 4 heterocycles. The van der Waals surface area contributed by atoms with E-state index < -0.39 is 0 Å². The topological polar surface area (TPSA) is 94.4 Å². The van der Waals surface area contributed by atoms with Gasteiger partial charge in [0.1, 0.15) is 0 Å². The Morgan fingerprint density at radius 2 is 2.00 bits per heavy atom. The van der Waals surface area contributed by atoms with Gasteiger partial charge in [-0.05, 0) is 37.5 Å². The van der Waals surface area contributed by atoms with E-state index >= 15 is 0 Å². The maximum absolute atomic E-state index is 9.68. The number of aromatic amines is 1. The highest BCUT2D eigenvalue weighted by molar-refractivity contribution is 5.54. The Morgan fingerprint density at radius 3 is 2.71 bits per heavy atom. The first-order chi connectivity index (χ1) is 16.6. The number of nitrogens with one attached hydrogen (secondary N) is 2. The minimum Gasteiger partial charge on any atom is -0.395 e. The Bertz CT molecular complexity index is 1250. The van der Waals surface area contributed by atoms with Crippen molar-refractivity contribution in [3.05, 3.63) is 82.1 Å². The lowest BCUT2D eigenvalue weighted by molar-refractivity contribution is 0.126. The number of H-pyrrole nitrogens is 1. The van der Waals surface area contributed by atoms with Gasteiger partial charge in [0.2, 0.25) is 0 Å². The summed E-state index contributed by atoms with van der Waals surface area (Å²) in [6.45, 7) is 8.98. The van der Waals surface area contributed by atoms with E-state index in [1.165, 1.54) is 16.7 Å². The molecule has 1 aliphatic rings. The van der Waals surface area contributed by atoms with Gasteiger partial charge in [-0.1, -0.05) is 31.2 Å². The zero-order valence-electron chi connectivity index (χ0n) is 20.1. The fourth-order valence-electron chi connectivity index (χ4n) is 5.13. The molecule has 3 N–H and O–H groups in total. The molecule has 34 heavy (non-hydrogen) atoms. The molecule has 0 spiro atoms. The largest absolute Gasteiger partial charge is 0.395 e. The van der Waals surface area contributed by atoms with E-state index in [9.17, 15) is 5.11 Å². The standard InChI is InChI=1S/C26H33N7O/c1-4-24-23(26-30-17(2)11-18(3)33(26)31-24)12-19-5-7-20(8-6-19)25(21-13-28-29-14-21)32-10-9-27-22(15-32)16-34/h5-8,11,13-14,22,25,27,34H,4,9-10,12,15-16H2,1-3H3,(H,28,29)/t22?,25-/m1/s1. The fourth-order valence-corrected chi connectivity index (χ4v) is 5.13. The predicted molar refractivity (Wildman–Crippen MR) is 132 cm³/mol. The van der Waals surface area contributed by atoms with Crippen molar-refractivity contribution >= 4 is 5.65 Å². The van der Waals surface area contributed by atoms with Gasteiger partial charge in [-0.25, -0.2) is 9.50 Å². The number of hydrogen-bond donors (Lipinski definition) is 3. The quantitative estimate of drug-likeness (QED) is 0.393. The molecule has 1 saturated heterocycles. The Labute approximate surface area is 200 Å². The highest BCUT2D eigenvalue weighted by atomic mass is 16.3. The summed E-state index contributed by atoms with van der Waals surface area (Å²) < 4.78 is 1.98. The van der Waals surface area contributed by atoms with E-state index in [4.69, 9.17) is 10.1 Å². The lowest BCUT2D eigenvalue weighted by Crippen LogP contribution is -2.53. The number of aryl methyl sites for hydroxylation is 3. The monoisotopic (exact) mass is 459 g/mol. The molecule has 178 valence electrons. The van der Waals surface area contributed by atoms with Gasteiger partial charge in [-0.3, -0.25) is 10.00 Å². The molecule has 0 amide bonds. The van der Waals surface area contributed by atoms with Gasteiger partial charge in [-0.15, -0.1) is 0 Å². The van der Waals surface area contributed by atoms with E-state index in [-0.39, 0.29) is 18.7 Å². The number of aliphatic hydroxyl groups is 1. The maximum atomic E-state index is 9.68. The molecule has 3 aromatic heterocycles. The summed E-state index contributed by atoms with van der Waals surface area (Å²) in [7, 11) is 0. The molecular formula is C26H33N7O. The van der Waals surface area contributed by atoms with Crippen LogP contribution in [0.15, 0.2) is 42.7 Å². The van der Waals surface area contributed by atoms with Gasteiger partial charge in [0, 0.05) is 60.8 Å². The number of hydrogen-bond acceptors (Lipinski definition) is 6. The molecule has 2 atom stereocenters. The van der Waals surface area contributed by atoms with Crippen molar-refractivity contribution in [3.63, 3.8) is 0 Å². The minimum absolute atomic E-state index is 0.0879. The minimum atomic E-state index is 0.0879. The van der Waals surface area contributed by atoms with Crippen molar-refractivity contribution in [2.45, 2.75) is 45.7 Å². The summed E-state index contributed by atoms with van der Waals surface area (Å²) in [5.41, 5.74) is 9.02. The van der Waals surface area contributed by atoms with Crippen LogP contribution in [0.5, 0.6) is 0 Å². The average Bonchev–Trinajstić information content (AvgIpc) is 3.49. The van der Waals surface area contributed by atoms with Crippen LogP contribution in [0.1, 0.15) is 52.3 Å². The lowest BCUT2D eigenvalue weighted by Gasteiger charge is -2.38. The van der Waals surface area contributed by atoms with Crippen LogP contribution < -0.4 is 5.32 Å². The summed E-state index contributed by atoms with van der Waals surface area (Å²) in [4.78, 5) is 7.24. The molecule has 1 aliphatic heterocycles. The van der Waals surface area contributed by atoms with Crippen molar-refractivity contribution in [3.8, 4) is 0 Å². The maximum Gasteiger partial charge on any atom is 0.159 e. The Morgan fingerprint density at radius 1 is 1.18 bits per heavy atom. The van der Waals surface area contributed by atoms with E-state index in [1.54, 1.807) is 0 Å². The van der Waals surface area contributed by atoms with E-state index in [0.29, 0.717) is 0 Å². The first kappa shape index (κ1) is 22.7. The van der Waals surface area contributed by atoms with Gasteiger partial charge in [0.15, 0.2) is 5.65 Å². The third kappa shape index (κ3) is 4.36. The lowest BCUT2D eigenvalue weighted by atomic mass is 9.95. The Hall–Kier alpha value is -3.07. The van der Waals surface area contributed by atoms with Crippen molar-refractivity contribution < 1.29 is 5.11 Å². The second kappa shape index (κ2) is 9.66. The van der Waals surface area contributed by atoms with E-state index in [2.05, 4.69) is 64.6 Å². The smallest absolute Gasteiger partial charge is 0.159 e. The van der Waals surface area contributed by atoms with Crippen LogP contribution in [0.2, 0.25) is 0 Å². The number of fused-ring (bicyclic) bond motifs is 1. The van der Waals surface area contributed by atoms with E-state index in [0.717, 1.165) is 60.8 Å². The molecule has 8 heteroatoms. The number of aromatic nitrogens is 5. The summed E-state index contributed by atoms with van der Waals surface area (Å²) in [5.74, 6) is 0. The Kier molecular flexibility index (Phi) is 6.45. The molecule has 0 aliphatic carbocycles. The highest BCUT2D eigenvalue weighted by Crippen LogP contribution is 2.30. The summed E-state index contributed by atoms with van der Waals surface area (Å²) in [5, 5.41) is 25.1. The Balaban J connectivity index is 1.45. The van der Waals surface area contributed by atoms with Gasteiger partial charge < -0.3 is 10.4 Å². The highest BCUT2D eigenvalue weighted by Gasteiger charge is 2.28. The molecule has 0 radical (unpaired) electrons. The number of benzene rings is 1. The summed E-state index contributed by atoms with van der Waals surface area (Å²) in [6.07, 6.45) is 5.56. The predicted octanol–water partition coefficient (Wildman–Crippen LogP) is 2.58. The van der Waals surface area contributed by atoms with Gasteiger partial charge in [0.25, 0.3) is 0 Å². The van der Waals surface area contributed by atoms with Crippen LogP contribution in [0.4, 0.5) is 0 Å². The van der Waals surface area contributed by atoms with Crippen LogP contribution in [0, 0.1) is 13.8 Å². The van der Waals surface area contributed by atoms with Crippen molar-refractivity contribution in [2.24, 2.45) is 0 Å². The number of rotatable bonds is 7. The molecule has 0 saturated carbocycles. The zero-order chi connectivity index (χ0) is 23.7. The molecule has 1 unspecified atom stereocenters. The first-order valence-electron chi connectivity index (χ1n) is 12.1. The second-order valence-corrected chi connectivity index (χ2v) is 9.23. The van der Waals surface area contributed by atoms with Crippen molar-refractivity contribution in [1.29, 1.82) is 0 Å². The van der Waals surface area contributed by atoms with Gasteiger partial charge in [0.05, 0.1) is 24.5 Å². The molecule has 8 nitrogen and oxygen atoms in total. The van der Waals surface area contributed by atoms with Crippen LogP contribution in [-0.4, -0.2) is 67.1 Å². The summed E-state index contributed by atoms with van der Waals surface area (Å²) >= 11 is 0. The fraction of sp³-hybridized carbons (Fsp3) is 0.423. The van der Waals surface area contributed by atoms with E-state index in [1.807, 2.05) is 23.8 Å². The molecular weight excluding hydrogens is 426 g/mol. The van der Waals surface area contributed by atoms with Gasteiger partial charge in [-0.2, -0.15) is 10.2 Å². The molecule has 4 aromatic rings. The summed E-state index contributed by atoms with van der Waals surface area (Å²) in [6, 6.07) is 11.2. The third-order valence-corrected chi connectivity index (χ3v) is 6.79. The van der Waals surface area contributed by atoms with Crippen LogP contribution in [-0.2, 0) is 12.8 Å². The molecule has 5 rings (SSSR count). The van der Waals surface area contributed by atoms with Crippen LogP contribution in [0.25, 0.3) is 5.65 Å². The molecule has 1 aromatic carbocycles. The molecule has 1 fully saturated rings. The number of aliphatic hydroxyl groups excluding tert-OH is 1. The normalized spacial score (nSPS) is 17.9. The molecule has 0 bridgehead atoms. The third-order valence-electron chi connectivity index (χ3n) is 6.79. The first-order valence-corrected chi connectivity index (χ1v) is 12.1. The average molecular weight is 460 g/mol. The van der Waals surface area contributed by atoms with Crippen molar-refractivity contribution in [2.75, 3.05) is 26.2 Å². The SMILES string of the molecule is CCc1nn2c(C)cc(C)nc2c1Cc1ccc([C@H](c2cn[nH]c2)N2CCNC(CO)C2)cc1. The number of nitrogens with zero attached hydrogens (tertiary/aromatic N) is 5. The second-order valence-electron chi connectivity index (χ2n) is 9.23. The van der Waals surface area contributed by atoms with Crippen LogP contribution >= 0.6 is 0 Å². The number of piperazine rings is 1. The van der Waals surface area contributed by atoms with Gasteiger partial charge >= 0.3 is 0 Å². The zero-order valence-corrected chi connectivity index (χ0v) is 20.1. The van der Waals surface area contributed by atoms with Crippen molar-refractivity contribution in [1.82, 2.24) is 35.0 Å².